The van der Waals surface area contributed by atoms with Crippen molar-refractivity contribution in [1.82, 2.24) is 10.0 Å². The van der Waals surface area contributed by atoms with Crippen molar-refractivity contribution in [2.24, 2.45) is 11.8 Å². The molecule has 0 bridgehead atoms. The Balaban J connectivity index is 1.51. The molecule has 0 unspecified atom stereocenters. The molecule has 156 valence electrons. The van der Waals surface area contributed by atoms with E-state index in [1.165, 1.54) is 0 Å². The van der Waals surface area contributed by atoms with E-state index in [9.17, 15) is 4.79 Å². The molecule has 1 aromatic rings. The van der Waals surface area contributed by atoms with Crippen molar-refractivity contribution in [2.45, 2.75) is 77.0 Å². The molecule has 1 aromatic heterocycles. The van der Waals surface area contributed by atoms with Crippen LogP contribution >= 0.6 is 0 Å². The Morgan fingerprint density at radius 2 is 1.93 bits per heavy atom. The number of carbonyl (C=O) groups excluding carboxylic acids is 1. The van der Waals surface area contributed by atoms with Gasteiger partial charge in [-0.05, 0) is 61.9 Å². The molecule has 1 aliphatic heterocycles. The van der Waals surface area contributed by atoms with Gasteiger partial charge in [-0.2, -0.15) is 0 Å². The lowest BCUT2D eigenvalue weighted by Crippen LogP contribution is -2.42. The highest BCUT2D eigenvalue weighted by atomic mass is 28.4. The van der Waals surface area contributed by atoms with E-state index in [-0.39, 0.29) is 22.9 Å². The lowest BCUT2D eigenvalue weighted by atomic mass is 9.82. The van der Waals surface area contributed by atoms with Gasteiger partial charge in [0.2, 0.25) is 5.91 Å². The summed E-state index contributed by atoms with van der Waals surface area (Å²) in [5.41, 5.74) is 0.921. The van der Waals surface area contributed by atoms with E-state index in [0.29, 0.717) is 12.5 Å². The summed E-state index contributed by atoms with van der Waals surface area (Å²) < 4.78 is 6.41. The first kappa shape index (κ1) is 21.5. The Bertz CT molecular complexity index is 651. The van der Waals surface area contributed by atoms with Gasteiger partial charge >= 0.3 is 0 Å². The largest absolute Gasteiger partial charge is 0.417 e. The molecule has 0 N–H and O–H groups in total. The van der Waals surface area contributed by atoms with Gasteiger partial charge in [-0.15, -0.1) is 0 Å². The SMILES string of the molecule is CC(C)(C)[Si](C)(C)OCC1CCC(C(=O)N2OCC[C@H]2c2ccccn2)CC1. The van der Waals surface area contributed by atoms with Gasteiger partial charge in [0, 0.05) is 25.1 Å². The molecule has 1 aliphatic carbocycles. The number of amides is 1. The maximum absolute atomic E-state index is 13.1. The number of rotatable bonds is 5. The lowest BCUT2D eigenvalue weighted by Gasteiger charge is -2.38. The minimum Gasteiger partial charge on any atom is -0.417 e. The zero-order valence-corrected chi connectivity index (χ0v) is 19.1. The van der Waals surface area contributed by atoms with E-state index < -0.39 is 8.32 Å². The third-order valence-corrected chi connectivity index (χ3v) is 11.3. The lowest BCUT2D eigenvalue weighted by molar-refractivity contribution is -0.183. The second-order valence-corrected chi connectivity index (χ2v) is 14.7. The van der Waals surface area contributed by atoms with E-state index in [1.54, 1.807) is 11.3 Å². The van der Waals surface area contributed by atoms with Crippen LogP contribution < -0.4 is 0 Å². The zero-order chi connectivity index (χ0) is 20.4. The van der Waals surface area contributed by atoms with Crippen molar-refractivity contribution in [3.05, 3.63) is 30.1 Å². The van der Waals surface area contributed by atoms with Crippen LogP contribution in [0.15, 0.2) is 24.4 Å². The van der Waals surface area contributed by atoms with Crippen LogP contribution in [0.5, 0.6) is 0 Å². The van der Waals surface area contributed by atoms with Crippen molar-refractivity contribution >= 4 is 14.2 Å². The minimum atomic E-state index is -1.70. The summed E-state index contributed by atoms with van der Waals surface area (Å²) in [7, 11) is -1.70. The number of pyridine rings is 1. The Kier molecular flexibility index (Phi) is 6.62. The topological polar surface area (TPSA) is 51.7 Å². The molecule has 2 fully saturated rings. The molecule has 0 spiro atoms. The number of hydrogen-bond acceptors (Lipinski definition) is 4. The van der Waals surface area contributed by atoms with E-state index in [4.69, 9.17) is 9.26 Å². The maximum atomic E-state index is 13.1. The fraction of sp³-hybridized carbons (Fsp3) is 0.727. The number of hydroxylamine groups is 2. The molecular weight excluding hydrogens is 368 g/mol. The predicted octanol–water partition coefficient (Wildman–Crippen LogP) is 5.11. The Morgan fingerprint density at radius 3 is 2.54 bits per heavy atom. The summed E-state index contributed by atoms with van der Waals surface area (Å²) in [6, 6.07) is 5.80. The first-order valence-corrected chi connectivity index (χ1v) is 13.6. The second-order valence-electron chi connectivity index (χ2n) is 9.85. The molecule has 0 aromatic carbocycles. The number of hydrogen-bond donors (Lipinski definition) is 0. The van der Waals surface area contributed by atoms with Crippen LogP contribution in [0.3, 0.4) is 0 Å². The third-order valence-electron chi connectivity index (χ3n) is 6.83. The van der Waals surface area contributed by atoms with Crippen molar-refractivity contribution in [3.63, 3.8) is 0 Å². The van der Waals surface area contributed by atoms with E-state index in [0.717, 1.165) is 44.4 Å². The van der Waals surface area contributed by atoms with Gasteiger partial charge in [0.15, 0.2) is 8.32 Å². The smallest absolute Gasteiger partial charge is 0.249 e. The molecular formula is C22H36N2O3Si. The van der Waals surface area contributed by atoms with Crippen LogP contribution in [0.1, 0.15) is 64.6 Å². The molecule has 5 nitrogen and oxygen atoms in total. The first-order chi connectivity index (χ1) is 13.2. The van der Waals surface area contributed by atoms with Gasteiger partial charge in [-0.25, -0.2) is 5.06 Å². The van der Waals surface area contributed by atoms with Crippen molar-refractivity contribution in [1.29, 1.82) is 0 Å². The number of carbonyl (C=O) groups is 1. The Morgan fingerprint density at radius 1 is 1.21 bits per heavy atom. The van der Waals surface area contributed by atoms with E-state index in [2.05, 4.69) is 38.8 Å². The monoisotopic (exact) mass is 404 g/mol. The molecule has 6 heteroatoms. The Hall–Kier alpha value is -1.24. The second kappa shape index (κ2) is 8.64. The summed E-state index contributed by atoms with van der Waals surface area (Å²) in [5.74, 6) is 0.773. The van der Waals surface area contributed by atoms with Gasteiger partial charge in [-0.3, -0.25) is 14.6 Å². The number of aromatic nitrogens is 1. The average molecular weight is 405 g/mol. The summed E-state index contributed by atoms with van der Waals surface area (Å²) in [4.78, 5) is 23.2. The van der Waals surface area contributed by atoms with Gasteiger partial charge < -0.3 is 4.43 Å². The van der Waals surface area contributed by atoms with E-state index in [1.807, 2.05) is 18.2 Å². The van der Waals surface area contributed by atoms with Crippen LogP contribution in [0.4, 0.5) is 0 Å². The van der Waals surface area contributed by atoms with Crippen LogP contribution in [0, 0.1) is 11.8 Å². The molecule has 1 atom stereocenters. The summed E-state index contributed by atoms with van der Waals surface area (Å²) in [6.45, 7) is 12.9. The normalized spacial score (nSPS) is 26.5. The standard InChI is InChI=1S/C22H36N2O3Si/c1-22(2,3)28(4,5)27-16-17-9-11-18(12-10-17)21(25)24-20(13-15-26-24)19-8-6-7-14-23-19/h6-8,14,17-18,20H,9-13,15-16H2,1-5H3/t17?,18?,20-/m0/s1. The molecule has 3 rings (SSSR count). The predicted molar refractivity (Wildman–Crippen MR) is 113 cm³/mol. The average Bonchev–Trinajstić information content (AvgIpc) is 3.16. The van der Waals surface area contributed by atoms with Crippen LogP contribution in [0.25, 0.3) is 0 Å². The highest BCUT2D eigenvalue weighted by molar-refractivity contribution is 6.74. The fourth-order valence-electron chi connectivity index (χ4n) is 3.83. The van der Waals surface area contributed by atoms with Crippen LogP contribution in [-0.4, -0.2) is 37.5 Å². The zero-order valence-electron chi connectivity index (χ0n) is 18.1. The third kappa shape index (κ3) is 4.84. The molecule has 0 radical (unpaired) electrons. The maximum Gasteiger partial charge on any atom is 0.249 e. The Labute approximate surface area is 170 Å². The van der Waals surface area contributed by atoms with Gasteiger partial charge in [-0.1, -0.05) is 26.8 Å². The molecule has 2 heterocycles. The van der Waals surface area contributed by atoms with E-state index >= 15 is 0 Å². The molecule has 1 amide bonds. The summed E-state index contributed by atoms with van der Waals surface area (Å²) in [5, 5.41) is 1.85. The van der Waals surface area contributed by atoms with Crippen LogP contribution in [-0.2, 0) is 14.1 Å². The van der Waals surface area contributed by atoms with Gasteiger partial charge in [0.1, 0.15) is 6.04 Å². The van der Waals surface area contributed by atoms with Crippen molar-refractivity contribution in [3.8, 4) is 0 Å². The first-order valence-electron chi connectivity index (χ1n) is 10.7. The van der Waals surface area contributed by atoms with Gasteiger partial charge in [0.05, 0.1) is 12.3 Å². The summed E-state index contributed by atoms with van der Waals surface area (Å²) >= 11 is 0. The highest BCUT2D eigenvalue weighted by Gasteiger charge is 2.40. The summed E-state index contributed by atoms with van der Waals surface area (Å²) in [6.07, 6.45) is 6.58. The number of nitrogens with zero attached hydrogens (tertiary/aromatic N) is 2. The molecule has 2 aliphatic rings. The van der Waals surface area contributed by atoms with Crippen molar-refractivity contribution in [2.75, 3.05) is 13.2 Å². The van der Waals surface area contributed by atoms with Crippen molar-refractivity contribution < 1.29 is 14.1 Å². The van der Waals surface area contributed by atoms with Crippen LogP contribution in [0.2, 0.25) is 18.1 Å². The van der Waals surface area contributed by atoms with Gasteiger partial charge in [0.25, 0.3) is 0 Å². The highest BCUT2D eigenvalue weighted by Crippen LogP contribution is 2.39. The molecule has 1 saturated carbocycles. The molecule has 28 heavy (non-hydrogen) atoms. The molecule has 1 saturated heterocycles. The fourth-order valence-corrected chi connectivity index (χ4v) is 4.91. The minimum absolute atomic E-state index is 0.0478. The quantitative estimate of drug-likeness (QED) is 0.640.